The monoisotopic (exact) mass is 250 g/mol. The van der Waals surface area contributed by atoms with E-state index in [1.54, 1.807) is 12.1 Å². The molecule has 1 fully saturated rings. The van der Waals surface area contributed by atoms with E-state index in [2.05, 4.69) is 17.1 Å². The summed E-state index contributed by atoms with van der Waals surface area (Å²) in [6.07, 6.45) is 3.30. The molecule has 0 radical (unpaired) electrons. The number of nitrogens with zero attached hydrogens (tertiary/aromatic N) is 1. The molecule has 1 atom stereocenters. The predicted octanol–water partition coefficient (Wildman–Crippen LogP) is 3.10. The van der Waals surface area contributed by atoms with Crippen molar-refractivity contribution in [3.8, 4) is 0 Å². The highest BCUT2D eigenvalue weighted by atomic mass is 19.1. The van der Waals surface area contributed by atoms with E-state index in [-0.39, 0.29) is 5.82 Å². The number of rotatable bonds is 2. The van der Waals surface area contributed by atoms with Crippen molar-refractivity contribution in [3.63, 3.8) is 0 Å². The van der Waals surface area contributed by atoms with Crippen LogP contribution in [0.1, 0.15) is 31.7 Å². The Morgan fingerprint density at radius 2 is 2.22 bits per heavy atom. The van der Waals surface area contributed by atoms with Gasteiger partial charge in [-0.2, -0.15) is 0 Å². The van der Waals surface area contributed by atoms with Crippen molar-refractivity contribution in [3.05, 3.63) is 29.6 Å². The fourth-order valence-corrected chi connectivity index (χ4v) is 2.70. The lowest BCUT2D eigenvalue weighted by molar-refractivity contribution is 0.437. The molecule has 1 N–H and O–H groups in total. The quantitative estimate of drug-likeness (QED) is 0.867. The van der Waals surface area contributed by atoms with E-state index in [0.29, 0.717) is 6.04 Å². The molecule has 100 valence electrons. The molecule has 0 amide bonds. The number of para-hydroxylation sites is 1. The fourth-order valence-electron chi connectivity index (χ4n) is 2.70. The van der Waals surface area contributed by atoms with Crippen LogP contribution in [0.2, 0.25) is 0 Å². The maximum absolute atomic E-state index is 14.0. The first kappa shape index (κ1) is 13.3. The summed E-state index contributed by atoms with van der Waals surface area (Å²) >= 11 is 0. The third-order valence-corrected chi connectivity index (χ3v) is 3.78. The third kappa shape index (κ3) is 3.02. The van der Waals surface area contributed by atoms with E-state index < -0.39 is 0 Å². The Kier molecular flexibility index (Phi) is 4.59. The molecule has 0 bridgehead atoms. The van der Waals surface area contributed by atoms with Crippen molar-refractivity contribution in [2.75, 3.05) is 24.5 Å². The molecular formula is C15H23FN2. The van der Waals surface area contributed by atoms with Crippen LogP contribution in [0.4, 0.5) is 10.1 Å². The highest BCUT2D eigenvalue weighted by Crippen LogP contribution is 2.25. The number of anilines is 1. The number of halogens is 1. The second kappa shape index (κ2) is 6.19. The summed E-state index contributed by atoms with van der Waals surface area (Å²) in [5.41, 5.74) is 1.84. The van der Waals surface area contributed by atoms with Crippen LogP contribution in [0.3, 0.4) is 0 Å². The molecule has 3 heteroatoms. The molecule has 1 unspecified atom stereocenters. The van der Waals surface area contributed by atoms with Gasteiger partial charge in [0, 0.05) is 19.1 Å². The molecule has 1 heterocycles. The van der Waals surface area contributed by atoms with Gasteiger partial charge in [-0.3, -0.25) is 0 Å². The zero-order chi connectivity index (χ0) is 13.0. The molecule has 1 aliphatic heterocycles. The van der Waals surface area contributed by atoms with Gasteiger partial charge in [-0.05, 0) is 44.4 Å². The van der Waals surface area contributed by atoms with E-state index in [9.17, 15) is 4.39 Å². The molecule has 0 spiro atoms. The van der Waals surface area contributed by atoms with E-state index >= 15 is 0 Å². The van der Waals surface area contributed by atoms with Crippen LogP contribution in [0.15, 0.2) is 18.2 Å². The smallest absolute Gasteiger partial charge is 0.146 e. The maximum Gasteiger partial charge on any atom is 0.146 e. The van der Waals surface area contributed by atoms with Crippen LogP contribution in [0.5, 0.6) is 0 Å². The van der Waals surface area contributed by atoms with Gasteiger partial charge in [0.05, 0.1) is 5.69 Å². The Morgan fingerprint density at radius 3 is 2.94 bits per heavy atom. The third-order valence-electron chi connectivity index (χ3n) is 3.78. The minimum absolute atomic E-state index is 0.0865. The first-order valence-electron chi connectivity index (χ1n) is 6.95. The first-order valence-corrected chi connectivity index (χ1v) is 6.95. The summed E-state index contributed by atoms with van der Waals surface area (Å²) in [5.74, 6) is -0.0865. The lowest BCUT2D eigenvalue weighted by Crippen LogP contribution is -2.40. The Labute approximate surface area is 109 Å². The van der Waals surface area contributed by atoms with Crippen molar-refractivity contribution in [1.82, 2.24) is 5.32 Å². The molecule has 18 heavy (non-hydrogen) atoms. The largest absolute Gasteiger partial charge is 0.369 e. The number of benzene rings is 1. The first-order chi connectivity index (χ1) is 8.72. The molecule has 0 saturated carbocycles. The average molecular weight is 250 g/mol. The van der Waals surface area contributed by atoms with Gasteiger partial charge >= 0.3 is 0 Å². The van der Waals surface area contributed by atoms with E-state index in [1.807, 2.05) is 13.0 Å². The van der Waals surface area contributed by atoms with Crippen LogP contribution in [0.25, 0.3) is 0 Å². The number of aryl methyl sites for hydroxylation is 1. The molecular weight excluding hydrogens is 227 g/mol. The van der Waals surface area contributed by atoms with Crippen molar-refractivity contribution >= 4 is 5.69 Å². The van der Waals surface area contributed by atoms with Crippen molar-refractivity contribution in [1.29, 1.82) is 0 Å². The van der Waals surface area contributed by atoms with Crippen LogP contribution < -0.4 is 10.2 Å². The van der Waals surface area contributed by atoms with Gasteiger partial charge in [-0.15, -0.1) is 0 Å². The molecule has 1 aliphatic rings. The van der Waals surface area contributed by atoms with Crippen molar-refractivity contribution in [2.45, 2.75) is 39.2 Å². The second-order valence-corrected chi connectivity index (χ2v) is 5.09. The highest BCUT2D eigenvalue weighted by molar-refractivity contribution is 5.54. The number of nitrogens with one attached hydrogen (secondary N) is 1. The molecule has 1 aromatic rings. The van der Waals surface area contributed by atoms with Gasteiger partial charge in [-0.1, -0.05) is 19.1 Å². The molecule has 1 aromatic carbocycles. The molecule has 0 aromatic heterocycles. The van der Waals surface area contributed by atoms with Gasteiger partial charge in [0.2, 0.25) is 0 Å². The molecule has 2 nitrogen and oxygen atoms in total. The van der Waals surface area contributed by atoms with Gasteiger partial charge in [-0.25, -0.2) is 4.39 Å². The number of hydrogen-bond acceptors (Lipinski definition) is 2. The SMILES string of the molecule is CCC1CCN(c2c(C)cccc2F)CCCN1. The lowest BCUT2D eigenvalue weighted by atomic mass is 10.1. The lowest BCUT2D eigenvalue weighted by Gasteiger charge is -2.31. The van der Waals surface area contributed by atoms with Crippen LogP contribution in [-0.2, 0) is 0 Å². The second-order valence-electron chi connectivity index (χ2n) is 5.09. The summed E-state index contributed by atoms with van der Waals surface area (Å²) in [7, 11) is 0. The van der Waals surface area contributed by atoms with Gasteiger partial charge in [0.1, 0.15) is 5.82 Å². The minimum Gasteiger partial charge on any atom is -0.369 e. The average Bonchev–Trinajstić information content (AvgIpc) is 2.32. The molecule has 0 aliphatic carbocycles. The summed E-state index contributed by atoms with van der Waals surface area (Å²) in [6, 6.07) is 5.91. The number of hydrogen-bond donors (Lipinski definition) is 1. The maximum atomic E-state index is 14.0. The summed E-state index contributed by atoms with van der Waals surface area (Å²) in [5, 5.41) is 3.55. The summed E-state index contributed by atoms with van der Waals surface area (Å²) in [6.45, 7) is 7.10. The Hall–Kier alpha value is -1.09. The zero-order valence-electron chi connectivity index (χ0n) is 11.4. The van der Waals surface area contributed by atoms with Gasteiger partial charge in [0.15, 0.2) is 0 Å². The van der Waals surface area contributed by atoms with E-state index in [0.717, 1.165) is 50.1 Å². The van der Waals surface area contributed by atoms with Crippen LogP contribution in [0, 0.1) is 12.7 Å². The van der Waals surface area contributed by atoms with Crippen LogP contribution in [-0.4, -0.2) is 25.7 Å². The molecule has 2 rings (SSSR count). The standard InChI is InChI=1S/C15H23FN2/c1-3-13-8-11-18(10-5-9-17-13)15-12(2)6-4-7-14(15)16/h4,6-7,13,17H,3,5,8-11H2,1-2H3. The normalized spacial score (nSPS) is 21.5. The van der Waals surface area contributed by atoms with Gasteiger partial charge in [0.25, 0.3) is 0 Å². The summed E-state index contributed by atoms with van der Waals surface area (Å²) in [4.78, 5) is 2.22. The summed E-state index contributed by atoms with van der Waals surface area (Å²) < 4.78 is 14.0. The Morgan fingerprint density at radius 1 is 1.39 bits per heavy atom. The predicted molar refractivity (Wildman–Crippen MR) is 74.7 cm³/mol. The van der Waals surface area contributed by atoms with Crippen molar-refractivity contribution in [2.24, 2.45) is 0 Å². The Bertz CT molecular complexity index is 372. The highest BCUT2D eigenvalue weighted by Gasteiger charge is 2.17. The van der Waals surface area contributed by atoms with E-state index in [1.165, 1.54) is 0 Å². The van der Waals surface area contributed by atoms with Crippen LogP contribution >= 0.6 is 0 Å². The van der Waals surface area contributed by atoms with Crippen molar-refractivity contribution < 1.29 is 4.39 Å². The van der Waals surface area contributed by atoms with Gasteiger partial charge < -0.3 is 10.2 Å². The topological polar surface area (TPSA) is 15.3 Å². The minimum atomic E-state index is -0.0865. The van der Waals surface area contributed by atoms with E-state index in [4.69, 9.17) is 0 Å². The molecule has 1 saturated heterocycles. The Balaban J connectivity index is 2.15. The fraction of sp³-hybridized carbons (Fsp3) is 0.600. The zero-order valence-corrected chi connectivity index (χ0v) is 11.4.